The van der Waals surface area contributed by atoms with Gasteiger partial charge in [-0.2, -0.15) is 0 Å². The van der Waals surface area contributed by atoms with E-state index in [4.69, 9.17) is 4.74 Å². The first kappa shape index (κ1) is 15.3. The highest BCUT2D eigenvalue weighted by atomic mass is 16.5. The second-order valence-corrected chi connectivity index (χ2v) is 5.96. The van der Waals surface area contributed by atoms with Crippen molar-refractivity contribution in [3.8, 4) is 5.75 Å². The fraction of sp³-hybridized carbons (Fsp3) is 0.150. The first-order valence-corrected chi connectivity index (χ1v) is 8.10. The molecule has 0 atom stereocenters. The lowest BCUT2D eigenvalue weighted by Crippen LogP contribution is -1.95. The lowest BCUT2D eigenvalue weighted by atomic mass is 10.1. The second-order valence-electron chi connectivity index (χ2n) is 5.96. The number of ether oxygens (including phenoxy) is 1. The summed E-state index contributed by atoms with van der Waals surface area (Å²) in [6.45, 7) is 4.08. The van der Waals surface area contributed by atoms with Crippen LogP contribution < -0.4 is 4.74 Å². The Morgan fingerprint density at radius 2 is 1.84 bits per heavy atom. The fourth-order valence-electron chi connectivity index (χ4n) is 2.93. The van der Waals surface area contributed by atoms with Crippen molar-refractivity contribution in [3.05, 3.63) is 65.2 Å². The fourth-order valence-corrected chi connectivity index (χ4v) is 2.93. The molecule has 4 rings (SSSR count). The molecule has 0 saturated heterocycles. The number of aromatic nitrogens is 4. The third-order valence-electron chi connectivity index (χ3n) is 4.22. The monoisotopic (exact) mass is 330 g/mol. The highest BCUT2D eigenvalue weighted by Crippen LogP contribution is 2.21. The van der Waals surface area contributed by atoms with Crippen molar-refractivity contribution in [2.24, 2.45) is 0 Å². The molecule has 0 saturated carbocycles. The quantitative estimate of drug-likeness (QED) is 0.568. The largest absolute Gasteiger partial charge is 0.493 e. The average Bonchev–Trinajstić information content (AvgIpc) is 3.06. The van der Waals surface area contributed by atoms with Crippen molar-refractivity contribution in [2.45, 2.75) is 13.8 Å². The van der Waals surface area contributed by atoms with Gasteiger partial charge in [0.05, 0.1) is 18.3 Å². The lowest BCUT2D eigenvalue weighted by Gasteiger charge is -2.02. The minimum Gasteiger partial charge on any atom is -0.493 e. The molecule has 0 spiro atoms. The molecule has 0 unspecified atom stereocenters. The molecule has 124 valence electrons. The topological polar surface area (TPSA) is 52.3 Å². The number of aryl methyl sites for hydroxylation is 2. The van der Waals surface area contributed by atoms with Crippen LogP contribution in [0.15, 0.2) is 42.5 Å². The van der Waals surface area contributed by atoms with Crippen LogP contribution >= 0.6 is 0 Å². The van der Waals surface area contributed by atoms with Crippen LogP contribution in [0.3, 0.4) is 0 Å². The summed E-state index contributed by atoms with van der Waals surface area (Å²) in [5.74, 6) is 1.33. The Hall–Kier alpha value is -3.21. The van der Waals surface area contributed by atoms with E-state index in [0.29, 0.717) is 17.2 Å². The Kier molecular flexibility index (Phi) is 3.69. The van der Waals surface area contributed by atoms with E-state index >= 15 is 0 Å². The molecule has 3 aromatic heterocycles. The van der Waals surface area contributed by atoms with E-state index in [2.05, 4.69) is 34.1 Å². The van der Waals surface area contributed by atoms with Crippen molar-refractivity contribution in [3.63, 3.8) is 0 Å². The van der Waals surface area contributed by atoms with Gasteiger partial charge in [0.1, 0.15) is 0 Å². The van der Waals surface area contributed by atoms with E-state index in [0.717, 1.165) is 16.9 Å². The SMILES string of the molecule is COc1ccc(C)n2nc(/C=C/c3cc(C)c4ccccc4n3)nc12. The van der Waals surface area contributed by atoms with Gasteiger partial charge in [0.25, 0.3) is 0 Å². The van der Waals surface area contributed by atoms with Gasteiger partial charge in [-0.25, -0.2) is 14.5 Å². The molecule has 3 heterocycles. The number of fused-ring (bicyclic) bond motifs is 2. The predicted molar refractivity (Wildman–Crippen MR) is 99.7 cm³/mol. The first-order valence-electron chi connectivity index (χ1n) is 8.10. The van der Waals surface area contributed by atoms with Crippen LogP contribution in [0.5, 0.6) is 5.75 Å². The van der Waals surface area contributed by atoms with Crippen molar-refractivity contribution >= 4 is 28.7 Å². The number of benzene rings is 1. The molecular weight excluding hydrogens is 312 g/mol. The maximum absolute atomic E-state index is 5.36. The molecule has 4 aromatic rings. The zero-order valence-corrected chi connectivity index (χ0v) is 14.4. The predicted octanol–water partition coefficient (Wildman–Crippen LogP) is 4.07. The summed E-state index contributed by atoms with van der Waals surface area (Å²) in [5.41, 5.74) is 4.79. The molecular formula is C20H18N4O. The van der Waals surface area contributed by atoms with Crippen molar-refractivity contribution in [1.29, 1.82) is 0 Å². The Bertz CT molecular complexity index is 1110. The van der Waals surface area contributed by atoms with Crippen molar-refractivity contribution in [1.82, 2.24) is 19.6 Å². The van der Waals surface area contributed by atoms with Crippen LogP contribution in [0.4, 0.5) is 0 Å². The number of pyridine rings is 2. The molecule has 0 fully saturated rings. The zero-order chi connectivity index (χ0) is 17.4. The van der Waals surface area contributed by atoms with Crippen LogP contribution in [0.1, 0.15) is 22.8 Å². The molecule has 0 N–H and O–H groups in total. The van der Waals surface area contributed by atoms with E-state index < -0.39 is 0 Å². The third kappa shape index (κ3) is 2.74. The molecule has 0 radical (unpaired) electrons. The standard InChI is InChI=1S/C20H18N4O/c1-13-12-15(21-17-7-5-4-6-16(13)17)9-11-19-22-20-18(25-3)10-8-14(2)24(20)23-19/h4-12H,1-3H3/b11-9+. The van der Waals surface area contributed by atoms with E-state index in [1.54, 1.807) is 11.6 Å². The van der Waals surface area contributed by atoms with E-state index in [1.165, 1.54) is 10.9 Å². The summed E-state index contributed by atoms with van der Waals surface area (Å²) in [6, 6.07) is 14.1. The van der Waals surface area contributed by atoms with Crippen LogP contribution in [0.25, 0.3) is 28.7 Å². The Labute approximate surface area is 145 Å². The minimum atomic E-state index is 0.625. The summed E-state index contributed by atoms with van der Waals surface area (Å²) in [4.78, 5) is 9.24. The maximum Gasteiger partial charge on any atom is 0.198 e. The maximum atomic E-state index is 5.36. The summed E-state index contributed by atoms with van der Waals surface area (Å²) in [5, 5.41) is 5.70. The highest BCUT2D eigenvalue weighted by molar-refractivity contribution is 5.84. The van der Waals surface area contributed by atoms with Gasteiger partial charge in [0.2, 0.25) is 0 Å². The van der Waals surface area contributed by atoms with Crippen LogP contribution in [0, 0.1) is 13.8 Å². The Morgan fingerprint density at radius 3 is 2.68 bits per heavy atom. The molecule has 0 aliphatic rings. The summed E-state index contributed by atoms with van der Waals surface area (Å²) in [7, 11) is 1.64. The zero-order valence-electron chi connectivity index (χ0n) is 14.4. The molecule has 0 aliphatic heterocycles. The number of hydrogen-bond donors (Lipinski definition) is 0. The van der Waals surface area contributed by atoms with Gasteiger partial charge in [-0.3, -0.25) is 0 Å². The van der Waals surface area contributed by atoms with Gasteiger partial charge in [-0.15, -0.1) is 5.10 Å². The van der Waals surface area contributed by atoms with E-state index in [1.807, 2.05) is 49.4 Å². The smallest absolute Gasteiger partial charge is 0.198 e. The van der Waals surface area contributed by atoms with Gasteiger partial charge >= 0.3 is 0 Å². The van der Waals surface area contributed by atoms with Crippen LogP contribution in [-0.4, -0.2) is 26.7 Å². The minimum absolute atomic E-state index is 0.625. The van der Waals surface area contributed by atoms with E-state index in [-0.39, 0.29) is 0 Å². The number of nitrogens with zero attached hydrogens (tertiary/aromatic N) is 4. The Morgan fingerprint density at radius 1 is 1.00 bits per heavy atom. The molecule has 25 heavy (non-hydrogen) atoms. The number of rotatable bonds is 3. The summed E-state index contributed by atoms with van der Waals surface area (Å²) < 4.78 is 7.15. The summed E-state index contributed by atoms with van der Waals surface area (Å²) >= 11 is 0. The van der Waals surface area contributed by atoms with E-state index in [9.17, 15) is 0 Å². The molecule has 5 heteroatoms. The van der Waals surface area contributed by atoms with Crippen molar-refractivity contribution in [2.75, 3.05) is 7.11 Å². The van der Waals surface area contributed by atoms with Gasteiger partial charge in [-0.05, 0) is 55.8 Å². The lowest BCUT2D eigenvalue weighted by molar-refractivity contribution is 0.416. The molecule has 5 nitrogen and oxygen atoms in total. The molecule has 0 bridgehead atoms. The third-order valence-corrected chi connectivity index (χ3v) is 4.22. The number of para-hydroxylation sites is 1. The van der Waals surface area contributed by atoms with Crippen molar-refractivity contribution < 1.29 is 4.74 Å². The number of methoxy groups -OCH3 is 1. The molecule has 0 amide bonds. The number of hydrogen-bond acceptors (Lipinski definition) is 4. The van der Waals surface area contributed by atoms with Gasteiger partial charge in [-0.1, -0.05) is 18.2 Å². The molecule has 0 aliphatic carbocycles. The van der Waals surface area contributed by atoms with Crippen LogP contribution in [0.2, 0.25) is 0 Å². The van der Waals surface area contributed by atoms with Crippen LogP contribution in [-0.2, 0) is 0 Å². The Balaban J connectivity index is 1.75. The second kappa shape index (κ2) is 6.02. The normalized spacial score (nSPS) is 11.6. The molecule has 1 aromatic carbocycles. The summed E-state index contributed by atoms with van der Waals surface area (Å²) in [6.07, 6.45) is 3.82. The first-order chi connectivity index (χ1) is 12.2. The highest BCUT2D eigenvalue weighted by Gasteiger charge is 2.09. The van der Waals surface area contributed by atoms with Gasteiger partial charge in [0, 0.05) is 11.1 Å². The average molecular weight is 330 g/mol. The van der Waals surface area contributed by atoms with Gasteiger partial charge < -0.3 is 4.74 Å². The van der Waals surface area contributed by atoms with Gasteiger partial charge in [0.15, 0.2) is 17.2 Å².